The molecule has 0 aliphatic heterocycles. The first-order chi connectivity index (χ1) is 9.31. The summed E-state index contributed by atoms with van der Waals surface area (Å²) in [6.45, 7) is 5.87. The zero-order chi connectivity index (χ0) is 13.7. The van der Waals surface area contributed by atoms with Gasteiger partial charge in [0.1, 0.15) is 18.0 Å². The maximum Gasteiger partial charge on any atom is 0.137 e. The van der Waals surface area contributed by atoms with Crippen molar-refractivity contribution in [1.82, 2.24) is 9.97 Å². The van der Waals surface area contributed by atoms with Crippen LogP contribution in [0.5, 0.6) is 0 Å². The molecular formula is C14H24N4O. The molecule has 0 saturated heterocycles. The number of aromatic nitrogens is 2. The van der Waals surface area contributed by atoms with Crippen LogP contribution in [0.25, 0.3) is 0 Å². The summed E-state index contributed by atoms with van der Waals surface area (Å²) in [6.07, 6.45) is 6.19. The highest BCUT2D eigenvalue weighted by atomic mass is 16.3. The minimum atomic E-state index is 0.167. The standard InChI is InChI=1S/C14H24N4O/c1-3-12-13(15-4-2)16-10-17-14(12)18(8-9-19)11-6-5-7-11/h10-11,19H,3-9H2,1-2H3,(H,15,16,17). The summed E-state index contributed by atoms with van der Waals surface area (Å²) < 4.78 is 0. The van der Waals surface area contributed by atoms with E-state index in [1.807, 2.05) is 0 Å². The molecule has 0 aromatic carbocycles. The highest BCUT2D eigenvalue weighted by Crippen LogP contribution is 2.32. The van der Waals surface area contributed by atoms with E-state index in [4.69, 9.17) is 0 Å². The van der Waals surface area contributed by atoms with E-state index in [1.54, 1.807) is 6.33 Å². The second-order valence-corrected chi connectivity index (χ2v) is 4.91. The first kappa shape index (κ1) is 14.1. The van der Waals surface area contributed by atoms with Gasteiger partial charge in [-0.15, -0.1) is 0 Å². The highest BCUT2D eigenvalue weighted by Gasteiger charge is 2.27. The van der Waals surface area contributed by atoms with Crippen LogP contribution in [0, 0.1) is 0 Å². The summed E-state index contributed by atoms with van der Waals surface area (Å²) in [5.74, 6) is 1.92. The molecule has 106 valence electrons. The predicted octanol–water partition coefficient (Wildman–Crippen LogP) is 1.82. The third-order valence-electron chi connectivity index (χ3n) is 3.75. The van der Waals surface area contributed by atoms with Crippen LogP contribution in [0.1, 0.15) is 38.7 Å². The Kier molecular flexibility index (Phi) is 4.96. The van der Waals surface area contributed by atoms with Crippen LogP contribution < -0.4 is 10.2 Å². The van der Waals surface area contributed by atoms with Crippen molar-refractivity contribution in [1.29, 1.82) is 0 Å². The van der Waals surface area contributed by atoms with Crippen molar-refractivity contribution in [3.8, 4) is 0 Å². The van der Waals surface area contributed by atoms with Crippen LogP contribution in [0.15, 0.2) is 6.33 Å². The maximum atomic E-state index is 9.30. The van der Waals surface area contributed by atoms with Gasteiger partial charge in [0.25, 0.3) is 0 Å². The summed E-state index contributed by atoms with van der Waals surface area (Å²) in [4.78, 5) is 11.1. The Morgan fingerprint density at radius 3 is 2.68 bits per heavy atom. The van der Waals surface area contributed by atoms with Crippen molar-refractivity contribution in [2.75, 3.05) is 29.9 Å². The van der Waals surface area contributed by atoms with E-state index in [-0.39, 0.29) is 6.61 Å². The van der Waals surface area contributed by atoms with Crippen molar-refractivity contribution in [2.24, 2.45) is 0 Å². The Labute approximate surface area is 115 Å². The fraction of sp³-hybridized carbons (Fsp3) is 0.714. The largest absolute Gasteiger partial charge is 0.395 e. The zero-order valence-corrected chi connectivity index (χ0v) is 11.9. The Morgan fingerprint density at radius 2 is 2.16 bits per heavy atom. The summed E-state index contributed by atoms with van der Waals surface area (Å²) in [5, 5.41) is 12.6. The van der Waals surface area contributed by atoms with Gasteiger partial charge in [0.05, 0.1) is 6.61 Å². The molecule has 1 aliphatic rings. The quantitative estimate of drug-likeness (QED) is 0.786. The molecule has 5 heteroatoms. The van der Waals surface area contributed by atoms with Gasteiger partial charge in [-0.1, -0.05) is 6.92 Å². The summed E-state index contributed by atoms with van der Waals surface area (Å²) >= 11 is 0. The van der Waals surface area contributed by atoms with Crippen molar-refractivity contribution in [3.63, 3.8) is 0 Å². The van der Waals surface area contributed by atoms with Crippen molar-refractivity contribution >= 4 is 11.6 Å². The monoisotopic (exact) mass is 264 g/mol. The molecule has 1 fully saturated rings. The normalized spacial score (nSPS) is 15.1. The average molecular weight is 264 g/mol. The van der Waals surface area contributed by atoms with Crippen LogP contribution >= 0.6 is 0 Å². The first-order valence-corrected chi connectivity index (χ1v) is 7.27. The molecule has 2 N–H and O–H groups in total. The molecule has 2 rings (SSSR count). The molecule has 0 radical (unpaired) electrons. The molecule has 0 amide bonds. The molecule has 19 heavy (non-hydrogen) atoms. The molecule has 1 heterocycles. The van der Waals surface area contributed by atoms with Crippen LogP contribution in [-0.2, 0) is 6.42 Å². The minimum Gasteiger partial charge on any atom is -0.395 e. The Bertz CT molecular complexity index is 406. The van der Waals surface area contributed by atoms with Gasteiger partial charge in [-0.05, 0) is 32.6 Å². The van der Waals surface area contributed by atoms with Crippen LogP contribution in [0.3, 0.4) is 0 Å². The van der Waals surface area contributed by atoms with E-state index in [2.05, 4.69) is 34.0 Å². The van der Waals surface area contributed by atoms with Crippen molar-refractivity contribution in [3.05, 3.63) is 11.9 Å². The van der Waals surface area contributed by atoms with Gasteiger partial charge in [-0.2, -0.15) is 0 Å². The number of hydrogen-bond donors (Lipinski definition) is 2. The van der Waals surface area contributed by atoms with E-state index in [0.717, 1.165) is 30.2 Å². The van der Waals surface area contributed by atoms with E-state index in [9.17, 15) is 5.11 Å². The Morgan fingerprint density at radius 1 is 1.37 bits per heavy atom. The van der Waals surface area contributed by atoms with Crippen molar-refractivity contribution in [2.45, 2.75) is 45.6 Å². The number of anilines is 2. The van der Waals surface area contributed by atoms with Crippen LogP contribution in [0.2, 0.25) is 0 Å². The van der Waals surface area contributed by atoms with Gasteiger partial charge in [0.2, 0.25) is 0 Å². The lowest BCUT2D eigenvalue weighted by Gasteiger charge is -2.39. The van der Waals surface area contributed by atoms with Gasteiger partial charge in [-0.25, -0.2) is 9.97 Å². The van der Waals surface area contributed by atoms with E-state index in [1.165, 1.54) is 19.3 Å². The smallest absolute Gasteiger partial charge is 0.137 e. The molecule has 5 nitrogen and oxygen atoms in total. The predicted molar refractivity (Wildman–Crippen MR) is 77.6 cm³/mol. The van der Waals surface area contributed by atoms with Gasteiger partial charge in [0.15, 0.2) is 0 Å². The third-order valence-corrected chi connectivity index (χ3v) is 3.75. The molecule has 0 unspecified atom stereocenters. The zero-order valence-electron chi connectivity index (χ0n) is 11.9. The number of hydrogen-bond acceptors (Lipinski definition) is 5. The van der Waals surface area contributed by atoms with Gasteiger partial charge < -0.3 is 15.3 Å². The minimum absolute atomic E-state index is 0.167. The SMILES string of the molecule is CCNc1ncnc(N(CCO)C2CCC2)c1CC. The molecule has 1 aliphatic carbocycles. The summed E-state index contributed by atoms with van der Waals surface area (Å²) in [7, 11) is 0. The fourth-order valence-corrected chi connectivity index (χ4v) is 2.56. The first-order valence-electron chi connectivity index (χ1n) is 7.27. The van der Waals surface area contributed by atoms with Crippen LogP contribution in [-0.4, -0.2) is 40.8 Å². The van der Waals surface area contributed by atoms with Gasteiger partial charge >= 0.3 is 0 Å². The molecule has 0 atom stereocenters. The molecule has 0 spiro atoms. The second-order valence-electron chi connectivity index (χ2n) is 4.91. The average Bonchev–Trinajstić information content (AvgIpc) is 2.36. The molecule has 1 aromatic rings. The van der Waals surface area contributed by atoms with Crippen molar-refractivity contribution < 1.29 is 5.11 Å². The van der Waals surface area contributed by atoms with E-state index < -0.39 is 0 Å². The number of nitrogens with one attached hydrogen (secondary N) is 1. The molecule has 1 aromatic heterocycles. The number of nitrogens with zero attached hydrogens (tertiary/aromatic N) is 3. The van der Waals surface area contributed by atoms with Gasteiger partial charge in [-0.3, -0.25) is 0 Å². The third kappa shape index (κ3) is 2.97. The number of aliphatic hydroxyl groups is 1. The molecule has 1 saturated carbocycles. The summed E-state index contributed by atoms with van der Waals surface area (Å²) in [5.41, 5.74) is 1.16. The van der Waals surface area contributed by atoms with Crippen LogP contribution in [0.4, 0.5) is 11.6 Å². The highest BCUT2D eigenvalue weighted by molar-refractivity contribution is 5.59. The lowest BCUT2D eigenvalue weighted by atomic mass is 9.91. The number of rotatable bonds is 7. The van der Waals surface area contributed by atoms with E-state index in [0.29, 0.717) is 12.6 Å². The van der Waals surface area contributed by atoms with Gasteiger partial charge in [0, 0.05) is 24.7 Å². The number of aliphatic hydroxyl groups excluding tert-OH is 1. The second kappa shape index (κ2) is 6.70. The topological polar surface area (TPSA) is 61.3 Å². The molecular weight excluding hydrogens is 240 g/mol. The Hall–Kier alpha value is -1.36. The Balaban J connectivity index is 2.31. The fourth-order valence-electron chi connectivity index (χ4n) is 2.56. The maximum absolute atomic E-state index is 9.30. The lowest BCUT2D eigenvalue weighted by molar-refractivity contribution is 0.282. The summed E-state index contributed by atoms with van der Waals surface area (Å²) in [6, 6.07) is 0.529. The molecule has 0 bridgehead atoms. The lowest BCUT2D eigenvalue weighted by Crippen LogP contribution is -2.43. The van der Waals surface area contributed by atoms with E-state index >= 15 is 0 Å².